The summed E-state index contributed by atoms with van der Waals surface area (Å²) in [5.41, 5.74) is 4.31. The molecule has 0 aliphatic heterocycles. The molecular formula is C19H10BrClN4OS. The highest BCUT2D eigenvalue weighted by molar-refractivity contribution is 9.10. The van der Waals surface area contributed by atoms with Crippen LogP contribution in [0.2, 0.25) is 4.47 Å². The van der Waals surface area contributed by atoms with Gasteiger partial charge in [0.15, 0.2) is 10.3 Å². The summed E-state index contributed by atoms with van der Waals surface area (Å²) in [6.07, 6.45) is 3.26. The van der Waals surface area contributed by atoms with Crippen LogP contribution in [0.5, 0.6) is 0 Å². The van der Waals surface area contributed by atoms with Crippen LogP contribution in [0.1, 0.15) is 20.8 Å². The molecule has 0 saturated heterocycles. The van der Waals surface area contributed by atoms with Crippen molar-refractivity contribution >= 4 is 61.2 Å². The average molecular weight is 458 g/mol. The Kier molecular flexibility index (Phi) is 3.96. The molecule has 5 rings (SSSR count). The van der Waals surface area contributed by atoms with Crippen molar-refractivity contribution in [3.63, 3.8) is 0 Å². The number of nitrogens with one attached hydrogen (secondary N) is 1. The van der Waals surface area contributed by atoms with Crippen molar-refractivity contribution in [2.75, 3.05) is 5.32 Å². The number of carbonyl (C=O) groups excluding carboxylic acids is 1. The molecule has 2 aromatic carbocycles. The highest BCUT2D eigenvalue weighted by atomic mass is 79.9. The predicted molar refractivity (Wildman–Crippen MR) is 111 cm³/mol. The number of ketones is 1. The second-order valence-corrected chi connectivity index (χ2v) is 8.59. The second-order valence-electron chi connectivity index (χ2n) is 6.03. The molecule has 0 spiro atoms. The lowest BCUT2D eigenvalue weighted by atomic mass is 9.86. The van der Waals surface area contributed by atoms with E-state index in [1.807, 2.05) is 30.3 Å². The van der Waals surface area contributed by atoms with Gasteiger partial charge in [-0.25, -0.2) is 15.0 Å². The maximum absolute atomic E-state index is 13.3. The molecule has 8 heteroatoms. The summed E-state index contributed by atoms with van der Waals surface area (Å²) in [5.74, 6) is -0.0322. The van der Waals surface area contributed by atoms with Crippen molar-refractivity contribution in [1.82, 2.24) is 15.0 Å². The molecule has 1 N–H and O–H groups in total. The highest BCUT2D eigenvalue weighted by Crippen LogP contribution is 2.43. The zero-order valence-electron chi connectivity index (χ0n) is 13.7. The van der Waals surface area contributed by atoms with Crippen LogP contribution in [0.3, 0.4) is 0 Å². The SMILES string of the molecule is O=C1c2ccccc2-c2ncnc3c(Br)cc(NCc4cnc(Cl)s4)c1c23. The third-order valence-electron chi connectivity index (χ3n) is 4.50. The van der Waals surface area contributed by atoms with Gasteiger partial charge in [-0.3, -0.25) is 4.79 Å². The topological polar surface area (TPSA) is 67.8 Å². The van der Waals surface area contributed by atoms with Crippen LogP contribution in [0.25, 0.3) is 22.2 Å². The molecule has 0 saturated carbocycles. The van der Waals surface area contributed by atoms with Crippen molar-refractivity contribution in [2.24, 2.45) is 0 Å². The van der Waals surface area contributed by atoms with E-state index in [2.05, 4.69) is 36.2 Å². The van der Waals surface area contributed by atoms with Crippen molar-refractivity contribution in [3.05, 3.63) is 67.8 Å². The normalized spacial score (nSPS) is 12.3. The molecule has 2 heterocycles. The summed E-state index contributed by atoms with van der Waals surface area (Å²) < 4.78 is 1.30. The van der Waals surface area contributed by atoms with Crippen molar-refractivity contribution < 1.29 is 4.79 Å². The van der Waals surface area contributed by atoms with Gasteiger partial charge >= 0.3 is 0 Å². The van der Waals surface area contributed by atoms with E-state index in [9.17, 15) is 4.79 Å². The summed E-state index contributed by atoms with van der Waals surface area (Å²) in [6.45, 7) is 0.521. The van der Waals surface area contributed by atoms with Crippen LogP contribution < -0.4 is 5.32 Å². The Labute approximate surface area is 171 Å². The van der Waals surface area contributed by atoms with E-state index in [1.165, 1.54) is 17.7 Å². The number of hydrogen-bond donors (Lipinski definition) is 1. The van der Waals surface area contributed by atoms with Gasteiger partial charge in [0.1, 0.15) is 6.33 Å². The number of aromatic nitrogens is 3. The smallest absolute Gasteiger partial charge is 0.196 e. The molecule has 132 valence electrons. The summed E-state index contributed by atoms with van der Waals surface area (Å²) >= 11 is 10.9. The first-order valence-corrected chi connectivity index (χ1v) is 10.1. The van der Waals surface area contributed by atoms with E-state index in [4.69, 9.17) is 11.6 Å². The standard InChI is InChI=1S/C19H10BrClN4OS/c20-12-5-13(22-6-9-7-23-19(21)27-9)14-15-16(24-8-25-17(12)15)10-3-1-2-4-11(10)18(14)26/h1-5,7-8,22H,6H2. The van der Waals surface area contributed by atoms with Gasteiger partial charge in [-0.05, 0) is 22.0 Å². The summed E-state index contributed by atoms with van der Waals surface area (Å²) in [5, 5.41) is 4.12. The molecule has 0 bridgehead atoms. The fourth-order valence-corrected chi connectivity index (χ4v) is 4.80. The Morgan fingerprint density at radius 1 is 1.15 bits per heavy atom. The Bertz CT molecular complexity index is 1240. The molecule has 1 aliphatic rings. The van der Waals surface area contributed by atoms with E-state index < -0.39 is 0 Å². The van der Waals surface area contributed by atoms with E-state index in [1.54, 1.807) is 6.20 Å². The first-order valence-electron chi connectivity index (χ1n) is 8.09. The summed E-state index contributed by atoms with van der Waals surface area (Å²) in [7, 11) is 0. The van der Waals surface area contributed by atoms with Crippen LogP contribution >= 0.6 is 38.9 Å². The van der Waals surface area contributed by atoms with Crippen LogP contribution in [0.15, 0.2) is 47.3 Å². The van der Waals surface area contributed by atoms with Gasteiger partial charge in [0.2, 0.25) is 0 Å². The molecule has 0 amide bonds. The Morgan fingerprint density at radius 2 is 1.96 bits per heavy atom. The van der Waals surface area contributed by atoms with E-state index >= 15 is 0 Å². The monoisotopic (exact) mass is 456 g/mol. The zero-order chi connectivity index (χ0) is 18.5. The van der Waals surface area contributed by atoms with E-state index in [0.717, 1.165) is 37.2 Å². The van der Waals surface area contributed by atoms with Crippen molar-refractivity contribution in [1.29, 1.82) is 0 Å². The number of thiazole rings is 1. The molecule has 0 fully saturated rings. The van der Waals surface area contributed by atoms with E-state index in [-0.39, 0.29) is 5.78 Å². The zero-order valence-corrected chi connectivity index (χ0v) is 16.8. The lowest BCUT2D eigenvalue weighted by Gasteiger charge is -2.22. The van der Waals surface area contributed by atoms with Crippen LogP contribution in [-0.2, 0) is 6.54 Å². The Balaban J connectivity index is 1.73. The summed E-state index contributed by atoms with van der Waals surface area (Å²) in [6, 6.07) is 9.43. The first kappa shape index (κ1) is 16.8. The molecule has 4 aromatic rings. The van der Waals surface area contributed by atoms with Gasteiger partial charge in [-0.15, -0.1) is 11.3 Å². The molecule has 0 radical (unpaired) electrons. The van der Waals surface area contributed by atoms with Crippen molar-refractivity contribution in [2.45, 2.75) is 6.54 Å². The fourth-order valence-electron chi connectivity index (χ4n) is 3.35. The Hall–Kier alpha value is -2.35. The van der Waals surface area contributed by atoms with Crippen LogP contribution in [0, 0.1) is 0 Å². The largest absolute Gasteiger partial charge is 0.379 e. The molecule has 1 aliphatic carbocycles. The summed E-state index contributed by atoms with van der Waals surface area (Å²) in [4.78, 5) is 27.2. The number of rotatable bonds is 3. The number of fused-ring (bicyclic) bond motifs is 2. The molecule has 0 atom stereocenters. The second kappa shape index (κ2) is 6.37. The van der Waals surface area contributed by atoms with Gasteiger partial charge in [0, 0.05) is 37.7 Å². The lowest BCUT2D eigenvalue weighted by molar-refractivity contribution is 0.104. The van der Waals surface area contributed by atoms with Gasteiger partial charge < -0.3 is 5.32 Å². The number of halogens is 2. The molecular weight excluding hydrogens is 448 g/mol. The van der Waals surface area contributed by atoms with Crippen molar-refractivity contribution in [3.8, 4) is 11.3 Å². The van der Waals surface area contributed by atoms with Gasteiger partial charge in [-0.1, -0.05) is 35.9 Å². The molecule has 27 heavy (non-hydrogen) atoms. The molecule has 2 aromatic heterocycles. The first-order chi connectivity index (χ1) is 13.1. The lowest BCUT2D eigenvalue weighted by Crippen LogP contribution is -2.15. The minimum Gasteiger partial charge on any atom is -0.379 e. The third-order valence-corrected chi connectivity index (χ3v) is 6.22. The van der Waals surface area contributed by atoms with E-state index in [0.29, 0.717) is 22.1 Å². The number of nitrogens with zero attached hydrogens (tertiary/aromatic N) is 3. The Morgan fingerprint density at radius 3 is 2.74 bits per heavy atom. The third kappa shape index (κ3) is 2.65. The van der Waals surface area contributed by atoms with Gasteiger partial charge in [0.05, 0.1) is 23.3 Å². The minimum absolute atomic E-state index is 0.0322. The predicted octanol–water partition coefficient (Wildman–Crippen LogP) is 5.33. The quantitative estimate of drug-likeness (QED) is 0.397. The number of carbonyl (C=O) groups is 1. The number of benzene rings is 2. The van der Waals surface area contributed by atoms with Gasteiger partial charge in [-0.2, -0.15) is 0 Å². The molecule has 0 unspecified atom stereocenters. The number of hydrogen-bond acceptors (Lipinski definition) is 6. The maximum Gasteiger partial charge on any atom is 0.196 e. The highest BCUT2D eigenvalue weighted by Gasteiger charge is 2.29. The molecule has 5 nitrogen and oxygen atoms in total. The minimum atomic E-state index is -0.0322. The van der Waals surface area contributed by atoms with Crippen LogP contribution in [0.4, 0.5) is 5.69 Å². The average Bonchev–Trinajstić information content (AvgIpc) is 3.10. The van der Waals surface area contributed by atoms with Crippen LogP contribution in [-0.4, -0.2) is 20.7 Å². The number of anilines is 1. The van der Waals surface area contributed by atoms with Gasteiger partial charge in [0.25, 0.3) is 0 Å². The fraction of sp³-hybridized carbons (Fsp3) is 0.0526. The maximum atomic E-state index is 13.3.